The van der Waals surface area contributed by atoms with Gasteiger partial charge in [0.05, 0.1) is 31.4 Å². The van der Waals surface area contributed by atoms with E-state index in [1.54, 1.807) is 25.5 Å². The predicted molar refractivity (Wildman–Crippen MR) is 508 cm³/mol. The Balaban J connectivity index is 0.000000921. The fraction of sp³-hybridized carbons (Fsp3) is 0.0943. The van der Waals surface area contributed by atoms with Gasteiger partial charge in [0.25, 0.3) is 0 Å². The molecule has 0 aromatic heterocycles. The van der Waals surface area contributed by atoms with Crippen LogP contribution in [0.2, 0.25) is 0 Å². The standard InChI is InChI=1S/C104H88N4O3P.C2H3F3NO4S2/c1-73-9-35-86(36-10-73)105(87-37-11-74(2)12-38-87)91-45-19-78(20-46-91)82-27-65-101(66-28-82)112(102-67-29-83(30-68-102)79-21-47-92(48-22-79)106(88-39-13-75(3)14-40-88)95-53-59-98(109-6)60-54-95,103-69-31-84(32-70-103)80-23-49-93(50-24-80)107(89-41-15-76(4)16-42-89)96-55-61-99(110-7)62-56-96)104-71-33-85(34-72-104)81-25-51-94(52-26-81)108(90-43-17-77(5)18-44-90)97-57-63-100(111-8)64-58-97;1-11(7,8)6-12(9,10)2(3,4)5/h9-72H,1-8H3;1H3/q+1;-1. The highest BCUT2D eigenvalue weighted by molar-refractivity contribution is 8.12. The summed E-state index contributed by atoms with van der Waals surface area (Å²) in [5.74, 6) is 2.44. The van der Waals surface area contributed by atoms with Crippen molar-refractivity contribution < 1.29 is 44.2 Å². The number of aryl methyl sites for hydroxylation is 5. The number of nitrogens with zero attached hydrogens (tertiary/aromatic N) is 5. The molecule has 0 aliphatic carbocycles. The first-order valence-corrected chi connectivity index (χ1v) is 45.3. The van der Waals surface area contributed by atoms with Crippen molar-refractivity contribution in [2.24, 2.45) is 0 Å². The number of methoxy groups -OCH3 is 3. The molecule has 18 heteroatoms. The van der Waals surface area contributed by atoms with Crippen molar-refractivity contribution in [1.82, 2.24) is 0 Å². The van der Waals surface area contributed by atoms with Crippen LogP contribution in [0.3, 0.4) is 0 Å². The minimum atomic E-state index is -5.92. The minimum absolute atomic E-state index is 0.246. The first kappa shape index (κ1) is 85.2. The molecule has 0 aliphatic heterocycles. The van der Waals surface area contributed by atoms with Gasteiger partial charge in [-0.05, 0) is 310 Å². The van der Waals surface area contributed by atoms with Gasteiger partial charge >= 0.3 is 5.51 Å². The Labute approximate surface area is 725 Å². The second kappa shape index (κ2) is 36.9. The molecule has 0 saturated heterocycles. The van der Waals surface area contributed by atoms with Gasteiger partial charge in [-0.15, -0.1) is 0 Å². The summed E-state index contributed by atoms with van der Waals surface area (Å²) in [4.78, 5) is 9.23. The number of alkyl halides is 3. The van der Waals surface area contributed by atoms with Crippen LogP contribution in [0.15, 0.2) is 388 Å². The molecule has 16 rings (SSSR count). The van der Waals surface area contributed by atoms with E-state index in [9.17, 15) is 30.0 Å². The molecule has 0 spiro atoms. The van der Waals surface area contributed by atoms with Gasteiger partial charge in [-0.1, -0.05) is 186 Å². The molecule has 16 aromatic rings. The highest BCUT2D eigenvalue weighted by Crippen LogP contribution is 2.56. The summed E-state index contributed by atoms with van der Waals surface area (Å²) < 4.78 is 92.8. The summed E-state index contributed by atoms with van der Waals surface area (Å²) >= 11 is 0. The van der Waals surface area contributed by atoms with Gasteiger partial charge in [0.1, 0.15) is 45.7 Å². The maximum atomic E-state index is 11.4. The van der Waals surface area contributed by atoms with Gasteiger partial charge in [-0.25, -0.2) is 16.8 Å². The number of hydrogen-bond acceptors (Lipinski definition) is 11. The van der Waals surface area contributed by atoms with Gasteiger partial charge in [-0.3, -0.25) is 0 Å². The topological polar surface area (TPSA) is 123 Å². The quantitative estimate of drug-likeness (QED) is 0.0508. The van der Waals surface area contributed by atoms with E-state index in [0.717, 1.165) is 130 Å². The summed E-state index contributed by atoms with van der Waals surface area (Å²) in [6, 6.07) is 142. The number of rotatable bonds is 25. The molecule has 0 unspecified atom stereocenters. The van der Waals surface area contributed by atoms with Crippen molar-refractivity contribution in [3.05, 3.63) is 420 Å². The highest BCUT2D eigenvalue weighted by atomic mass is 32.3. The average molecular weight is 1700 g/mol. The van der Waals surface area contributed by atoms with Crippen LogP contribution >= 0.6 is 7.26 Å². The molecule has 0 amide bonds. The van der Waals surface area contributed by atoms with Crippen molar-refractivity contribution in [1.29, 1.82) is 0 Å². The number of halogens is 3. The second-order valence-electron chi connectivity index (χ2n) is 30.4. The van der Waals surface area contributed by atoms with Crippen LogP contribution < -0.4 is 55.0 Å². The summed E-state index contributed by atoms with van der Waals surface area (Å²) in [5, 5.41) is 4.95. The highest BCUT2D eigenvalue weighted by Gasteiger charge is 2.48. The predicted octanol–water partition coefficient (Wildman–Crippen LogP) is 26.6. The SMILES string of the molecule is COc1ccc(N(c2ccc(C)cc2)c2ccc(-c3ccc([P+](c4ccc(-c5ccc(N(c6ccc(C)cc6)c6ccc(C)cc6)cc5)cc4)(c4ccc(-c5ccc(N(c6ccc(C)cc6)c6ccc(OC)cc6)cc5)cc4)c4ccc(-c5ccc(N(c6ccc(C)cc6)c6ccc(OC)cc6)cc5)cc4)cc3)cc2)cc1.CS(=O)(=O)[N-]S(=O)(=O)C(F)(F)F. The number of hydrogen-bond donors (Lipinski definition) is 0. The second-order valence-corrected chi connectivity index (χ2v) is 37.3. The molecule has 0 atom stereocenters. The minimum Gasteiger partial charge on any atom is -0.497 e. The Morgan fingerprint density at radius 2 is 0.371 bits per heavy atom. The molecule has 620 valence electrons. The summed E-state index contributed by atoms with van der Waals surface area (Å²) in [6.45, 7) is 10.7. The van der Waals surface area contributed by atoms with Crippen LogP contribution in [0.5, 0.6) is 17.2 Å². The first-order valence-electron chi connectivity index (χ1n) is 40.3. The van der Waals surface area contributed by atoms with Crippen LogP contribution in [0.1, 0.15) is 27.8 Å². The molecular formula is C106H91F3N5O7PS2. The van der Waals surface area contributed by atoms with Crippen molar-refractivity contribution in [2.75, 3.05) is 47.2 Å². The monoisotopic (exact) mass is 1700 g/mol. The van der Waals surface area contributed by atoms with E-state index < -0.39 is 32.8 Å². The normalized spacial score (nSPS) is 11.5. The average Bonchev–Trinajstić information content (AvgIpc) is 0.726. The van der Waals surface area contributed by atoms with E-state index >= 15 is 0 Å². The zero-order chi connectivity index (χ0) is 86.9. The van der Waals surface area contributed by atoms with Crippen molar-refractivity contribution in [3.63, 3.8) is 0 Å². The lowest BCUT2D eigenvalue weighted by Gasteiger charge is -2.28. The van der Waals surface area contributed by atoms with Gasteiger partial charge in [0, 0.05) is 74.5 Å². The van der Waals surface area contributed by atoms with E-state index in [1.807, 2.05) is 36.4 Å². The zero-order valence-corrected chi connectivity index (χ0v) is 72.5. The van der Waals surface area contributed by atoms with E-state index in [2.05, 4.69) is 406 Å². The van der Waals surface area contributed by atoms with E-state index in [1.165, 1.54) is 49.0 Å². The van der Waals surface area contributed by atoms with E-state index in [0.29, 0.717) is 0 Å². The van der Waals surface area contributed by atoms with Gasteiger partial charge in [-0.2, -0.15) is 13.2 Å². The Bertz CT molecular complexity index is 6060. The van der Waals surface area contributed by atoms with Crippen molar-refractivity contribution in [2.45, 2.75) is 40.1 Å². The fourth-order valence-corrected chi connectivity index (χ4v) is 21.2. The molecule has 16 aromatic carbocycles. The van der Waals surface area contributed by atoms with Crippen molar-refractivity contribution in [3.8, 4) is 61.8 Å². The maximum Gasteiger partial charge on any atom is 0.480 e. The van der Waals surface area contributed by atoms with Gasteiger partial charge in [0.2, 0.25) is 0 Å². The first-order chi connectivity index (χ1) is 59.8. The summed E-state index contributed by atoms with van der Waals surface area (Å²) in [6.07, 6.45) is 0.246. The van der Waals surface area contributed by atoms with E-state index in [-0.39, 0.29) is 6.26 Å². The van der Waals surface area contributed by atoms with Crippen LogP contribution in [-0.4, -0.2) is 49.9 Å². The number of sulfonamides is 2. The molecule has 0 heterocycles. The van der Waals surface area contributed by atoms with Crippen LogP contribution in [0.4, 0.5) is 81.4 Å². The maximum absolute atomic E-state index is 11.4. The van der Waals surface area contributed by atoms with E-state index in [4.69, 9.17) is 14.2 Å². The third-order valence-electron chi connectivity index (χ3n) is 21.8. The van der Waals surface area contributed by atoms with Gasteiger partial charge in [0.15, 0.2) is 10.0 Å². The van der Waals surface area contributed by atoms with Crippen LogP contribution in [0.25, 0.3) is 48.6 Å². The smallest absolute Gasteiger partial charge is 0.480 e. The fourth-order valence-electron chi connectivity index (χ4n) is 15.3. The molecular weight excluding hydrogens is 1610 g/mol. The third kappa shape index (κ3) is 19.1. The largest absolute Gasteiger partial charge is 0.497 e. The Morgan fingerprint density at radius 3 is 0.500 bits per heavy atom. The zero-order valence-electron chi connectivity index (χ0n) is 69.9. The third-order valence-corrected chi connectivity index (χ3v) is 28.6. The molecule has 124 heavy (non-hydrogen) atoms. The van der Waals surface area contributed by atoms with Crippen molar-refractivity contribution >= 4 is 117 Å². The lowest BCUT2D eigenvalue weighted by molar-refractivity contribution is -0.0425. The number of anilines is 12. The molecule has 0 aliphatic rings. The molecule has 0 radical (unpaired) electrons. The van der Waals surface area contributed by atoms with Gasteiger partial charge < -0.3 is 37.9 Å². The molecule has 0 fully saturated rings. The summed E-state index contributed by atoms with van der Waals surface area (Å²) in [7, 11) is -8.14. The molecule has 0 bridgehead atoms. The molecule has 0 N–H and O–H groups in total. The Hall–Kier alpha value is -13.8. The number of ether oxygens (including phenoxy) is 3. The Kier molecular flexibility index (Phi) is 25.3. The Morgan fingerprint density at radius 1 is 0.234 bits per heavy atom. The number of benzene rings is 16. The lowest BCUT2D eigenvalue weighted by Crippen LogP contribution is -2.38. The molecule has 12 nitrogen and oxygen atoms in total. The van der Waals surface area contributed by atoms with Crippen LogP contribution in [0, 0.1) is 34.6 Å². The lowest BCUT2D eigenvalue weighted by atomic mass is 10.0. The van der Waals surface area contributed by atoms with Crippen LogP contribution in [-0.2, 0) is 20.0 Å². The summed E-state index contributed by atoms with van der Waals surface area (Å²) in [5.41, 5.74) is 22.2. The molecule has 0 saturated carbocycles.